The van der Waals surface area contributed by atoms with E-state index in [1.54, 1.807) is 12.1 Å². The molecule has 2 aromatic carbocycles. The molecule has 0 N–H and O–H groups in total. The molecule has 3 aromatic rings. The fourth-order valence-corrected chi connectivity index (χ4v) is 3.32. The minimum absolute atomic E-state index is 0.130. The second-order valence-corrected chi connectivity index (χ2v) is 5.96. The summed E-state index contributed by atoms with van der Waals surface area (Å²) in [5.74, 6) is 1.98. The van der Waals surface area contributed by atoms with Crippen molar-refractivity contribution >= 4 is 27.5 Å². The molecule has 0 aliphatic heterocycles. The normalized spacial score (nSPS) is 11.6. The summed E-state index contributed by atoms with van der Waals surface area (Å²) in [4.78, 5) is 16.9. The molecule has 3 nitrogen and oxygen atoms in total. The number of amides is 1. The van der Waals surface area contributed by atoms with E-state index in [2.05, 4.69) is 10.9 Å². The number of fused-ring (bicyclic) bond motifs is 1. The van der Waals surface area contributed by atoms with Gasteiger partial charge in [-0.1, -0.05) is 41.5 Å². The molecule has 0 radical (unpaired) electrons. The average molecular weight is 324 g/mol. The van der Waals surface area contributed by atoms with Gasteiger partial charge in [-0.05, 0) is 29.8 Å². The minimum atomic E-state index is -0.325. The van der Waals surface area contributed by atoms with Gasteiger partial charge in [0.25, 0.3) is 5.91 Å². The Hall–Kier alpha value is -2.71. The highest BCUT2D eigenvalue weighted by Crippen LogP contribution is 2.16. The molecule has 1 aromatic heterocycles. The Morgan fingerprint density at radius 2 is 1.96 bits per heavy atom. The smallest absolute Gasteiger partial charge is 0.252 e. The Bertz CT molecular complexity index is 961. The van der Waals surface area contributed by atoms with E-state index < -0.39 is 0 Å². The SMILES string of the molecule is C#CCn1c(=NC(=O)Cc2ccc(F)cc2)sc2ccccc21. The molecule has 0 saturated heterocycles. The van der Waals surface area contributed by atoms with Crippen molar-refractivity contribution in [1.82, 2.24) is 4.57 Å². The van der Waals surface area contributed by atoms with Crippen LogP contribution in [0.25, 0.3) is 10.2 Å². The van der Waals surface area contributed by atoms with Crippen LogP contribution in [0.5, 0.6) is 0 Å². The molecule has 0 aliphatic rings. The number of thiazole rings is 1. The van der Waals surface area contributed by atoms with Crippen LogP contribution in [0.4, 0.5) is 4.39 Å². The van der Waals surface area contributed by atoms with Crippen molar-refractivity contribution in [3.8, 4) is 12.3 Å². The number of benzene rings is 2. The monoisotopic (exact) mass is 324 g/mol. The Balaban J connectivity index is 1.96. The molecule has 114 valence electrons. The number of hydrogen-bond donors (Lipinski definition) is 0. The van der Waals surface area contributed by atoms with E-state index in [9.17, 15) is 9.18 Å². The number of para-hydroxylation sites is 1. The zero-order chi connectivity index (χ0) is 16.2. The summed E-state index contributed by atoms with van der Waals surface area (Å²) in [6.45, 7) is 0.354. The van der Waals surface area contributed by atoms with Gasteiger partial charge >= 0.3 is 0 Å². The number of rotatable bonds is 3. The molecule has 5 heteroatoms. The van der Waals surface area contributed by atoms with E-state index in [4.69, 9.17) is 6.42 Å². The summed E-state index contributed by atoms with van der Waals surface area (Å²) in [5, 5.41) is 0. The van der Waals surface area contributed by atoms with Gasteiger partial charge < -0.3 is 4.57 Å². The Labute approximate surface area is 136 Å². The Morgan fingerprint density at radius 1 is 1.22 bits per heavy atom. The maximum Gasteiger partial charge on any atom is 0.252 e. The first-order chi connectivity index (χ1) is 11.2. The summed E-state index contributed by atoms with van der Waals surface area (Å²) in [5.41, 5.74) is 1.69. The quantitative estimate of drug-likeness (QED) is 0.682. The number of carbonyl (C=O) groups excluding carboxylic acids is 1. The maximum absolute atomic E-state index is 12.9. The van der Waals surface area contributed by atoms with Gasteiger partial charge in [0.1, 0.15) is 5.82 Å². The Kier molecular flexibility index (Phi) is 4.35. The molecule has 23 heavy (non-hydrogen) atoms. The lowest BCUT2D eigenvalue weighted by Gasteiger charge is -1.99. The first-order valence-corrected chi connectivity index (χ1v) is 7.83. The van der Waals surface area contributed by atoms with Gasteiger partial charge in [-0.25, -0.2) is 4.39 Å². The molecule has 0 spiro atoms. The maximum atomic E-state index is 12.9. The van der Waals surface area contributed by atoms with Crippen LogP contribution in [-0.2, 0) is 17.8 Å². The van der Waals surface area contributed by atoms with Crippen molar-refractivity contribution < 1.29 is 9.18 Å². The average Bonchev–Trinajstić information content (AvgIpc) is 2.88. The number of carbonyl (C=O) groups is 1. The topological polar surface area (TPSA) is 34.4 Å². The third-order valence-electron chi connectivity index (χ3n) is 3.33. The Morgan fingerprint density at radius 3 is 2.70 bits per heavy atom. The molecule has 3 rings (SSSR count). The molecule has 1 heterocycles. The molecule has 0 atom stereocenters. The van der Waals surface area contributed by atoms with Crippen molar-refractivity contribution in [2.45, 2.75) is 13.0 Å². The molecule has 0 saturated carbocycles. The molecular weight excluding hydrogens is 311 g/mol. The standard InChI is InChI=1S/C18H13FN2OS/c1-2-11-21-15-5-3-4-6-16(15)23-18(21)20-17(22)12-13-7-9-14(19)10-8-13/h1,3-10H,11-12H2. The predicted molar refractivity (Wildman–Crippen MR) is 89.3 cm³/mol. The van der Waals surface area contributed by atoms with Gasteiger partial charge in [-0.2, -0.15) is 4.99 Å². The summed E-state index contributed by atoms with van der Waals surface area (Å²) in [7, 11) is 0. The molecular formula is C18H13FN2OS. The largest absolute Gasteiger partial charge is 0.305 e. The van der Waals surface area contributed by atoms with Gasteiger partial charge in [-0.3, -0.25) is 4.79 Å². The second kappa shape index (κ2) is 6.59. The second-order valence-electron chi connectivity index (χ2n) is 4.95. The molecule has 0 fully saturated rings. The summed E-state index contributed by atoms with van der Waals surface area (Å²) >= 11 is 1.43. The van der Waals surface area contributed by atoms with Crippen LogP contribution >= 0.6 is 11.3 Å². The third kappa shape index (κ3) is 3.38. The van der Waals surface area contributed by atoms with E-state index in [0.29, 0.717) is 11.3 Å². The van der Waals surface area contributed by atoms with E-state index >= 15 is 0 Å². The zero-order valence-electron chi connectivity index (χ0n) is 12.2. The van der Waals surface area contributed by atoms with Crippen LogP contribution in [-0.4, -0.2) is 10.5 Å². The van der Waals surface area contributed by atoms with Crippen LogP contribution in [0, 0.1) is 18.2 Å². The van der Waals surface area contributed by atoms with E-state index in [-0.39, 0.29) is 18.1 Å². The predicted octanol–water partition coefficient (Wildman–Crippen LogP) is 3.15. The summed E-state index contributed by atoms with van der Waals surface area (Å²) in [6.07, 6.45) is 5.55. The molecule has 0 bridgehead atoms. The number of terminal acetylenes is 1. The van der Waals surface area contributed by atoms with Crippen molar-refractivity contribution in [3.05, 3.63) is 64.7 Å². The lowest BCUT2D eigenvalue weighted by atomic mass is 10.1. The lowest BCUT2D eigenvalue weighted by molar-refractivity contribution is -0.117. The van der Waals surface area contributed by atoms with Crippen LogP contribution in [0.2, 0.25) is 0 Å². The zero-order valence-corrected chi connectivity index (χ0v) is 13.0. The number of aromatic nitrogens is 1. The van der Waals surface area contributed by atoms with E-state index in [1.807, 2.05) is 28.8 Å². The van der Waals surface area contributed by atoms with Gasteiger partial charge in [0.2, 0.25) is 0 Å². The summed E-state index contributed by atoms with van der Waals surface area (Å²) in [6, 6.07) is 13.6. The van der Waals surface area contributed by atoms with Crippen molar-refractivity contribution in [3.63, 3.8) is 0 Å². The number of hydrogen-bond acceptors (Lipinski definition) is 2. The van der Waals surface area contributed by atoms with Crippen molar-refractivity contribution in [2.75, 3.05) is 0 Å². The highest BCUT2D eigenvalue weighted by atomic mass is 32.1. The third-order valence-corrected chi connectivity index (χ3v) is 4.39. The van der Waals surface area contributed by atoms with Crippen molar-refractivity contribution in [2.24, 2.45) is 4.99 Å². The first kappa shape index (κ1) is 15.2. The first-order valence-electron chi connectivity index (χ1n) is 7.01. The van der Waals surface area contributed by atoms with Gasteiger partial charge in [0.05, 0.1) is 23.2 Å². The minimum Gasteiger partial charge on any atom is -0.305 e. The van der Waals surface area contributed by atoms with Gasteiger partial charge in [0, 0.05) is 0 Å². The van der Waals surface area contributed by atoms with E-state index in [1.165, 1.54) is 23.5 Å². The van der Waals surface area contributed by atoms with Crippen LogP contribution in [0.1, 0.15) is 5.56 Å². The van der Waals surface area contributed by atoms with Gasteiger partial charge in [0.15, 0.2) is 4.80 Å². The van der Waals surface area contributed by atoms with Gasteiger partial charge in [-0.15, -0.1) is 6.42 Å². The number of halogens is 1. The number of nitrogens with zero attached hydrogens (tertiary/aromatic N) is 2. The van der Waals surface area contributed by atoms with E-state index in [0.717, 1.165) is 15.8 Å². The molecule has 0 unspecified atom stereocenters. The van der Waals surface area contributed by atoms with Crippen LogP contribution in [0.15, 0.2) is 53.5 Å². The lowest BCUT2D eigenvalue weighted by Crippen LogP contribution is -2.17. The highest BCUT2D eigenvalue weighted by Gasteiger charge is 2.07. The van der Waals surface area contributed by atoms with Crippen molar-refractivity contribution in [1.29, 1.82) is 0 Å². The molecule has 0 aliphatic carbocycles. The highest BCUT2D eigenvalue weighted by molar-refractivity contribution is 7.16. The molecule has 1 amide bonds. The van der Waals surface area contributed by atoms with Crippen LogP contribution in [0.3, 0.4) is 0 Å². The summed E-state index contributed by atoms with van der Waals surface area (Å²) < 4.78 is 15.8. The fraction of sp³-hybridized carbons (Fsp3) is 0.111. The van der Waals surface area contributed by atoms with Crippen LogP contribution < -0.4 is 4.80 Å². The fourth-order valence-electron chi connectivity index (χ4n) is 2.27.